The summed E-state index contributed by atoms with van der Waals surface area (Å²) in [6, 6.07) is 27.0. The molecule has 0 spiro atoms. The van der Waals surface area contributed by atoms with Crippen molar-refractivity contribution >= 4 is 56.6 Å². The van der Waals surface area contributed by atoms with E-state index in [0.29, 0.717) is 49.5 Å². The Morgan fingerprint density at radius 1 is 0.958 bits per heavy atom. The van der Waals surface area contributed by atoms with Crippen molar-refractivity contribution in [3.05, 3.63) is 148 Å². The molecule has 0 saturated carbocycles. The summed E-state index contributed by atoms with van der Waals surface area (Å²) >= 11 is 10.9. The second kappa shape index (κ2) is 14.6. The molecule has 0 fully saturated rings. The topological polar surface area (TPSA) is 88.4 Å². The van der Waals surface area contributed by atoms with Crippen molar-refractivity contribution in [2.24, 2.45) is 4.99 Å². The molecule has 0 N–H and O–H groups in total. The van der Waals surface area contributed by atoms with Gasteiger partial charge in [-0.1, -0.05) is 77.5 Å². The number of aromatic nitrogens is 1. The second-order valence-electron chi connectivity index (χ2n) is 10.7. The van der Waals surface area contributed by atoms with Crippen molar-refractivity contribution in [1.82, 2.24) is 4.57 Å². The zero-order chi connectivity index (χ0) is 33.8. The number of rotatable bonds is 10. The Kier molecular flexibility index (Phi) is 10.1. The molecule has 4 aromatic carbocycles. The van der Waals surface area contributed by atoms with Gasteiger partial charge in [-0.2, -0.15) is 0 Å². The smallest absolute Gasteiger partial charge is 0.338 e. The lowest BCUT2D eigenvalue weighted by Crippen LogP contribution is -2.40. The average molecular weight is 746 g/mol. The number of methoxy groups -OCH3 is 2. The van der Waals surface area contributed by atoms with E-state index in [2.05, 4.69) is 15.9 Å². The summed E-state index contributed by atoms with van der Waals surface area (Å²) in [7, 11) is 3.09. The van der Waals surface area contributed by atoms with Crippen LogP contribution in [0.25, 0.3) is 11.8 Å². The molecule has 1 atom stereocenters. The summed E-state index contributed by atoms with van der Waals surface area (Å²) in [5.41, 5.74) is 3.51. The van der Waals surface area contributed by atoms with Gasteiger partial charge in [-0.05, 0) is 82.0 Å². The highest BCUT2D eigenvalue weighted by Gasteiger charge is 2.35. The van der Waals surface area contributed by atoms with Crippen LogP contribution in [-0.4, -0.2) is 31.4 Å². The quantitative estimate of drug-likeness (QED) is 0.144. The van der Waals surface area contributed by atoms with Crippen molar-refractivity contribution in [3.8, 4) is 17.2 Å². The second-order valence-corrected chi connectivity index (χ2v) is 13.0. The van der Waals surface area contributed by atoms with Crippen LogP contribution in [0.4, 0.5) is 0 Å². The Balaban J connectivity index is 1.48. The van der Waals surface area contributed by atoms with Crippen LogP contribution >= 0.6 is 38.9 Å². The number of hydrogen-bond donors (Lipinski definition) is 0. The van der Waals surface area contributed by atoms with E-state index in [-0.39, 0.29) is 17.7 Å². The number of carbonyl (C=O) groups excluding carboxylic acids is 1. The molecule has 0 bridgehead atoms. The molecule has 48 heavy (non-hydrogen) atoms. The fraction of sp³-hybridized carbons (Fsp3) is 0.162. The maximum absolute atomic E-state index is 14.3. The van der Waals surface area contributed by atoms with Gasteiger partial charge in [0.25, 0.3) is 5.56 Å². The largest absolute Gasteiger partial charge is 0.493 e. The standard InChI is InChI=1S/C37H30BrClN2O6S/c1-4-46-36(43)32-33(24-8-6-5-7-9-24)40-37-41(34(32)25-13-17-29(44-2)30(20-25)45-3)35(42)31(48-37)19-23-12-16-28(27(38)18-23)47-21-22-10-14-26(39)15-11-22/h5-20,34H,4,21H2,1-3H3/b31-19-/t34-/m1/s1. The van der Waals surface area contributed by atoms with Gasteiger partial charge in [0, 0.05) is 10.6 Å². The lowest BCUT2D eigenvalue weighted by Gasteiger charge is -2.26. The normalized spacial score (nSPS) is 14.3. The van der Waals surface area contributed by atoms with Crippen molar-refractivity contribution < 1.29 is 23.7 Å². The number of carbonyl (C=O) groups is 1. The van der Waals surface area contributed by atoms with E-state index in [9.17, 15) is 9.59 Å². The molecule has 5 aromatic rings. The molecule has 1 aromatic heterocycles. The van der Waals surface area contributed by atoms with Crippen molar-refractivity contribution in [1.29, 1.82) is 0 Å². The van der Waals surface area contributed by atoms with E-state index in [1.54, 1.807) is 36.8 Å². The van der Waals surface area contributed by atoms with E-state index in [1.807, 2.05) is 78.9 Å². The van der Waals surface area contributed by atoms with Gasteiger partial charge in [-0.15, -0.1) is 0 Å². The molecule has 0 unspecified atom stereocenters. The Morgan fingerprint density at radius 3 is 2.38 bits per heavy atom. The van der Waals surface area contributed by atoms with Crippen LogP contribution in [0.3, 0.4) is 0 Å². The third-order valence-corrected chi connectivity index (χ3v) is 9.51. The molecule has 11 heteroatoms. The summed E-state index contributed by atoms with van der Waals surface area (Å²) in [4.78, 5) is 33.4. The van der Waals surface area contributed by atoms with Gasteiger partial charge in [0.05, 0.1) is 47.1 Å². The summed E-state index contributed by atoms with van der Waals surface area (Å²) in [6.07, 6.45) is 1.81. The minimum Gasteiger partial charge on any atom is -0.493 e. The van der Waals surface area contributed by atoms with Crippen LogP contribution in [-0.2, 0) is 16.1 Å². The molecular formula is C37H30BrClN2O6S. The molecule has 244 valence electrons. The van der Waals surface area contributed by atoms with Gasteiger partial charge >= 0.3 is 5.97 Å². The van der Waals surface area contributed by atoms with Gasteiger partial charge in [0.1, 0.15) is 12.4 Å². The third kappa shape index (κ3) is 6.82. The molecular weight excluding hydrogens is 716 g/mol. The lowest BCUT2D eigenvalue weighted by molar-refractivity contribution is -0.138. The molecule has 6 rings (SSSR count). The number of benzene rings is 4. The summed E-state index contributed by atoms with van der Waals surface area (Å²) < 4.78 is 25.4. The van der Waals surface area contributed by atoms with Gasteiger partial charge in [0.2, 0.25) is 0 Å². The monoisotopic (exact) mass is 744 g/mol. The zero-order valence-electron chi connectivity index (χ0n) is 26.2. The van der Waals surface area contributed by atoms with Crippen LogP contribution in [0.15, 0.2) is 111 Å². The third-order valence-electron chi connectivity index (χ3n) is 7.66. The number of esters is 1. The van der Waals surface area contributed by atoms with Gasteiger partial charge in [0.15, 0.2) is 16.3 Å². The SMILES string of the molecule is CCOC(=O)C1=C(c2ccccc2)N=c2s/c(=C\c3ccc(OCc4ccc(Cl)cc4)c(Br)c3)c(=O)n2[C@@H]1c1ccc(OC)c(OC)c1. The predicted octanol–water partition coefficient (Wildman–Crippen LogP) is 6.95. The molecule has 8 nitrogen and oxygen atoms in total. The maximum Gasteiger partial charge on any atom is 0.338 e. The fourth-order valence-corrected chi connectivity index (χ4v) is 7.03. The highest BCUT2D eigenvalue weighted by molar-refractivity contribution is 9.10. The molecule has 0 saturated heterocycles. The van der Waals surface area contributed by atoms with Crippen molar-refractivity contribution in [2.75, 3.05) is 20.8 Å². The molecule has 0 aliphatic carbocycles. The van der Waals surface area contributed by atoms with Crippen LogP contribution in [0.1, 0.15) is 35.2 Å². The minimum atomic E-state index is -0.854. The number of thiazole rings is 1. The first-order valence-electron chi connectivity index (χ1n) is 15.0. The van der Waals surface area contributed by atoms with Crippen molar-refractivity contribution in [2.45, 2.75) is 19.6 Å². The van der Waals surface area contributed by atoms with Gasteiger partial charge in [-0.25, -0.2) is 9.79 Å². The number of fused-ring (bicyclic) bond motifs is 1. The summed E-state index contributed by atoms with van der Waals surface area (Å²) in [5.74, 6) is 1.07. The average Bonchev–Trinajstić information content (AvgIpc) is 3.41. The molecule has 0 radical (unpaired) electrons. The number of halogens is 2. The van der Waals surface area contributed by atoms with E-state index in [0.717, 1.165) is 21.2 Å². The minimum absolute atomic E-state index is 0.155. The Morgan fingerprint density at radius 2 is 1.69 bits per heavy atom. The highest BCUT2D eigenvalue weighted by atomic mass is 79.9. The van der Waals surface area contributed by atoms with Gasteiger partial charge < -0.3 is 18.9 Å². The Hall–Kier alpha value is -4.64. The molecule has 1 aliphatic rings. The zero-order valence-corrected chi connectivity index (χ0v) is 29.4. The van der Waals surface area contributed by atoms with E-state index in [4.69, 9.17) is 35.5 Å². The Bertz CT molecular complexity index is 2200. The highest BCUT2D eigenvalue weighted by Crippen LogP contribution is 2.38. The van der Waals surface area contributed by atoms with Crippen LogP contribution in [0, 0.1) is 0 Å². The van der Waals surface area contributed by atoms with E-state index >= 15 is 0 Å². The van der Waals surface area contributed by atoms with Crippen LogP contribution in [0.2, 0.25) is 5.02 Å². The lowest BCUT2D eigenvalue weighted by atomic mass is 9.93. The maximum atomic E-state index is 14.3. The molecule has 1 aliphatic heterocycles. The Labute approximate surface area is 294 Å². The van der Waals surface area contributed by atoms with E-state index < -0.39 is 12.0 Å². The summed E-state index contributed by atoms with van der Waals surface area (Å²) in [5, 5.41) is 0.665. The number of ether oxygens (including phenoxy) is 4. The first-order chi connectivity index (χ1) is 23.3. The van der Waals surface area contributed by atoms with Gasteiger partial charge in [-0.3, -0.25) is 9.36 Å². The molecule has 0 amide bonds. The number of hydrogen-bond acceptors (Lipinski definition) is 8. The first-order valence-corrected chi connectivity index (χ1v) is 17.0. The molecule has 2 heterocycles. The summed E-state index contributed by atoms with van der Waals surface area (Å²) in [6.45, 7) is 2.27. The van der Waals surface area contributed by atoms with Crippen LogP contribution < -0.4 is 29.1 Å². The fourth-order valence-electron chi connectivity index (χ4n) is 5.40. The van der Waals surface area contributed by atoms with Crippen molar-refractivity contribution in [3.63, 3.8) is 0 Å². The first kappa shape index (κ1) is 33.3. The predicted molar refractivity (Wildman–Crippen MR) is 191 cm³/mol. The van der Waals surface area contributed by atoms with E-state index in [1.165, 1.54) is 18.4 Å². The van der Waals surface area contributed by atoms with Crippen LogP contribution in [0.5, 0.6) is 17.2 Å². The number of nitrogens with zero attached hydrogens (tertiary/aromatic N) is 2.